The molecule has 20 heavy (non-hydrogen) atoms. The average molecular weight is 339 g/mol. The first-order valence-corrected chi connectivity index (χ1v) is 8.75. The van der Waals surface area contributed by atoms with Gasteiger partial charge in [0.05, 0.1) is 5.69 Å². The predicted molar refractivity (Wildman–Crippen MR) is 91.4 cm³/mol. The number of unbranched alkanes of at least 4 members (excludes halogenated alkanes) is 1. The Bertz CT molecular complexity index is 429. The molecule has 112 valence electrons. The fourth-order valence-corrected chi connectivity index (χ4v) is 3.23. The van der Waals surface area contributed by atoms with E-state index in [1.807, 2.05) is 0 Å². The van der Waals surface area contributed by atoms with Crippen molar-refractivity contribution in [2.75, 3.05) is 11.4 Å². The van der Waals surface area contributed by atoms with Crippen LogP contribution in [-0.2, 0) is 6.42 Å². The van der Waals surface area contributed by atoms with Crippen LogP contribution in [0.4, 0.5) is 5.69 Å². The normalized spacial score (nSPS) is 16.2. The van der Waals surface area contributed by atoms with Crippen molar-refractivity contribution in [2.24, 2.45) is 5.73 Å². The second-order valence-corrected chi connectivity index (χ2v) is 6.79. The monoisotopic (exact) mass is 338 g/mol. The van der Waals surface area contributed by atoms with Gasteiger partial charge in [0.25, 0.3) is 0 Å². The SMILES string of the molecule is CCCCN(c1ccc(CC(N)CC)cc1Br)C1CC1. The summed E-state index contributed by atoms with van der Waals surface area (Å²) in [6.45, 7) is 5.58. The second-order valence-electron chi connectivity index (χ2n) is 5.94. The van der Waals surface area contributed by atoms with Gasteiger partial charge < -0.3 is 10.6 Å². The number of benzene rings is 1. The lowest BCUT2D eigenvalue weighted by molar-refractivity contribution is 0.646. The number of nitrogens with zero attached hydrogens (tertiary/aromatic N) is 1. The largest absolute Gasteiger partial charge is 0.368 e. The van der Waals surface area contributed by atoms with Crippen LogP contribution in [0.1, 0.15) is 51.5 Å². The van der Waals surface area contributed by atoms with Gasteiger partial charge in [-0.1, -0.05) is 26.3 Å². The van der Waals surface area contributed by atoms with Crippen LogP contribution in [0.3, 0.4) is 0 Å². The zero-order valence-electron chi connectivity index (χ0n) is 12.7. The molecule has 1 unspecified atom stereocenters. The van der Waals surface area contributed by atoms with Crippen LogP contribution in [0.15, 0.2) is 22.7 Å². The van der Waals surface area contributed by atoms with E-state index in [0.29, 0.717) is 0 Å². The maximum Gasteiger partial charge on any atom is 0.0513 e. The van der Waals surface area contributed by atoms with Crippen molar-refractivity contribution in [1.82, 2.24) is 0 Å². The standard InChI is InChI=1S/C17H27BrN2/c1-3-5-10-20(15-7-8-15)17-9-6-13(12-16(17)18)11-14(19)4-2/h6,9,12,14-15H,3-5,7-8,10-11,19H2,1-2H3. The Morgan fingerprint density at radius 3 is 2.65 bits per heavy atom. The second kappa shape index (κ2) is 7.46. The predicted octanol–water partition coefficient (Wildman–Crippen LogP) is 4.50. The first kappa shape index (κ1) is 15.8. The van der Waals surface area contributed by atoms with Crippen molar-refractivity contribution in [2.45, 2.75) is 64.5 Å². The molecule has 1 aromatic rings. The number of hydrogen-bond acceptors (Lipinski definition) is 2. The van der Waals surface area contributed by atoms with Gasteiger partial charge >= 0.3 is 0 Å². The summed E-state index contributed by atoms with van der Waals surface area (Å²) in [5.41, 5.74) is 8.74. The lowest BCUT2D eigenvalue weighted by Gasteiger charge is -2.26. The van der Waals surface area contributed by atoms with Gasteiger partial charge in [-0.25, -0.2) is 0 Å². The first-order chi connectivity index (χ1) is 9.65. The number of anilines is 1. The maximum atomic E-state index is 6.05. The molecule has 0 aromatic heterocycles. The van der Waals surface area contributed by atoms with E-state index < -0.39 is 0 Å². The van der Waals surface area contributed by atoms with Crippen LogP contribution in [0.5, 0.6) is 0 Å². The van der Waals surface area contributed by atoms with Crippen molar-refractivity contribution in [1.29, 1.82) is 0 Å². The van der Waals surface area contributed by atoms with E-state index >= 15 is 0 Å². The molecule has 1 aliphatic rings. The highest BCUT2D eigenvalue weighted by atomic mass is 79.9. The summed E-state index contributed by atoms with van der Waals surface area (Å²) < 4.78 is 1.22. The molecular weight excluding hydrogens is 312 g/mol. The van der Waals surface area contributed by atoms with E-state index in [1.54, 1.807) is 0 Å². The smallest absolute Gasteiger partial charge is 0.0513 e. The Kier molecular flexibility index (Phi) is 5.91. The van der Waals surface area contributed by atoms with E-state index in [-0.39, 0.29) is 6.04 Å². The summed E-state index contributed by atoms with van der Waals surface area (Å²) in [5.74, 6) is 0. The molecule has 0 saturated heterocycles. The Balaban J connectivity index is 2.10. The molecule has 2 N–H and O–H groups in total. The minimum Gasteiger partial charge on any atom is -0.368 e. The van der Waals surface area contributed by atoms with Gasteiger partial charge in [-0.2, -0.15) is 0 Å². The molecule has 1 fully saturated rings. The van der Waals surface area contributed by atoms with Crippen molar-refractivity contribution in [3.63, 3.8) is 0 Å². The zero-order valence-corrected chi connectivity index (χ0v) is 14.3. The number of hydrogen-bond donors (Lipinski definition) is 1. The molecular formula is C17H27BrN2. The van der Waals surface area contributed by atoms with Crippen molar-refractivity contribution < 1.29 is 0 Å². The van der Waals surface area contributed by atoms with Crippen LogP contribution in [0.25, 0.3) is 0 Å². The Morgan fingerprint density at radius 1 is 1.35 bits per heavy atom. The van der Waals surface area contributed by atoms with Gasteiger partial charge in [-0.05, 0) is 65.7 Å². The molecule has 0 spiro atoms. The molecule has 0 radical (unpaired) electrons. The molecule has 1 saturated carbocycles. The van der Waals surface area contributed by atoms with E-state index in [2.05, 4.69) is 52.9 Å². The van der Waals surface area contributed by atoms with E-state index in [1.165, 1.54) is 48.0 Å². The highest BCUT2D eigenvalue weighted by Crippen LogP contribution is 2.36. The molecule has 1 aliphatic carbocycles. The molecule has 3 heteroatoms. The van der Waals surface area contributed by atoms with Gasteiger partial charge in [-0.3, -0.25) is 0 Å². The lowest BCUT2D eigenvalue weighted by Crippen LogP contribution is -2.27. The molecule has 1 aromatic carbocycles. The van der Waals surface area contributed by atoms with Crippen LogP contribution < -0.4 is 10.6 Å². The molecule has 0 aliphatic heterocycles. The molecule has 2 nitrogen and oxygen atoms in total. The van der Waals surface area contributed by atoms with Crippen molar-refractivity contribution in [3.8, 4) is 0 Å². The number of halogens is 1. The molecule has 2 rings (SSSR count). The summed E-state index contributed by atoms with van der Waals surface area (Å²) in [7, 11) is 0. The van der Waals surface area contributed by atoms with Crippen LogP contribution in [-0.4, -0.2) is 18.6 Å². The topological polar surface area (TPSA) is 29.3 Å². The summed E-state index contributed by atoms with van der Waals surface area (Å²) in [6, 6.07) is 7.81. The highest BCUT2D eigenvalue weighted by molar-refractivity contribution is 9.10. The lowest BCUT2D eigenvalue weighted by atomic mass is 10.0. The summed E-state index contributed by atoms with van der Waals surface area (Å²) >= 11 is 3.77. The summed E-state index contributed by atoms with van der Waals surface area (Å²) in [4.78, 5) is 2.58. The van der Waals surface area contributed by atoms with Crippen molar-refractivity contribution >= 4 is 21.6 Å². The van der Waals surface area contributed by atoms with Gasteiger partial charge in [0.1, 0.15) is 0 Å². The van der Waals surface area contributed by atoms with Gasteiger partial charge in [0.2, 0.25) is 0 Å². The minimum absolute atomic E-state index is 0.271. The van der Waals surface area contributed by atoms with Crippen LogP contribution in [0.2, 0.25) is 0 Å². The summed E-state index contributed by atoms with van der Waals surface area (Å²) in [5, 5.41) is 0. The van der Waals surface area contributed by atoms with Crippen LogP contribution in [0, 0.1) is 0 Å². The fourth-order valence-electron chi connectivity index (χ4n) is 2.57. The van der Waals surface area contributed by atoms with Gasteiger partial charge in [-0.15, -0.1) is 0 Å². The fraction of sp³-hybridized carbons (Fsp3) is 0.647. The number of rotatable bonds is 8. The van der Waals surface area contributed by atoms with E-state index in [4.69, 9.17) is 5.73 Å². The molecule has 1 atom stereocenters. The Morgan fingerprint density at radius 2 is 2.10 bits per heavy atom. The highest BCUT2D eigenvalue weighted by Gasteiger charge is 2.29. The molecule has 0 heterocycles. The van der Waals surface area contributed by atoms with Crippen LogP contribution >= 0.6 is 15.9 Å². The minimum atomic E-state index is 0.271. The third-order valence-corrected chi connectivity index (χ3v) is 4.72. The third-order valence-electron chi connectivity index (χ3n) is 4.08. The summed E-state index contributed by atoms with van der Waals surface area (Å²) in [6.07, 6.45) is 7.21. The van der Waals surface area contributed by atoms with E-state index in [9.17, 15) is 0 Å². The third kappa shape index (κ3) is 4.23. The zero-order chi connectivity index (χ0) is 14.5. The Hall–Kier alpha value is -0.540. The first-order valence-electron chi connectivity index (χ1n) is 7.96. The average Bonchev–Trinajstić information content (AvgIpc) is 3.25. The van der Waals surface area contributed by atoms with E-state index in [0.717, 1.165) is 18.9 Å². The molecule has 0 bridgehead atoms. The Labute approximate surface area is 131 Å². The maximum absolute atomic E-state index is 6.05. The number of nitrogens with two attached hydrogens (primary N) is 1. The van der Waals surface area contributed by atoms with Crippen molar-refractivity contribution in [3.05, 3.63) is 28.2 Å². The molecule has 0 amide bonds. The quantitative estimate of drug-likeness (QED) is 0.756. The van der Waals surface area contributed by atoms with Gasteiger partial charge in [0.15, 0.2) is 0 Å². The van der Waals surface area contributed by atoms with Gasteiger partial charge in [0, 0.05) is 23.1 Å².